The third-order valence-electron chi connectivity index (χ3n) is 5.65. The average Bonchev–Trinajstić information content (AvgIpc) is 3.27. The molecule has 4 rings (SSSR count). The molecule has 1 aliphatic carbocycles. The van der Waals surface area contributed by atoms with Crippen LogP contribution in [0.1, 0.15) is 22.6 Å². The van der Waals surface area contributed by atoms with Crippen LogP contribution in [0.25, 0.3) is 6.08 Å². The number of ether oxygens (including phenoxy) is 6. The molecule has 0 saturated heterocycles. The second-order valence-corrected chi connectivity index (χ2v) is 7.19. The monoisotopic (exact) mass is 440 g/mol. The molecule has 1 aliphatic heterocycles. The van der Waals surface area contributed by atoms with Gasteiger partial charge in [0.05, 0.1) is 40.6 Å². The zero-order valence-corrected chi connectivity index (χ0v) is 18.2. The maximum Gasteiger partial charge on any atom is 0.314 e. The SMILES string of the molecule is COC(=O)[C@@H]1C(C=NN)=Cc2cc3c(cc2[C@H]1c1cc(OC)c(OC)c(OC)c1)OCO3. The van der Waals surface area contributed by atoms with Crippen molar-refractivity contribution in [1.82, 2.24) is 0 Å². The van der Waals surface area contributed by atoms with Crippen LogP contribution in [0.2, 0.25) is 0 Å². The summed E-state index contributed by atoms with van der Waals surface area (Å²) in [6, 6.07) is 7.40. The van der Waals surface area contributed by atoms with Gasteiger partial charge in [-0.2, -0.15) is 5.10 Å². The summed E-state index contributed by atoms with van der Waals surface area (Å²) in [5, 5.41) is 3.67. The fourth-order valence-corrected chi connectivity index (χ4v) is 4.26. The molecule has 0 unspecified atom stereocenters. The zero-order valence-electron chi connectivity index (χ0n) is 18.2. The molecule has 2 N–H and O–H groups in total. The predicted octanol–water partition coefficient (Wildman–Crippen LogP) is 2.70. The van der Waals surface area contributed by atoms with E-state index in [-0.39, 0.29) is 6.79 Å². The summed E-state index contributed by atoms with van der Waals surface area (Å²) in [7, 11) is 5.96. The van der Waals surface area contributed by atoms with E-state index in [1.807, 2.05) is 30.3 Å². The molecule has 168 valence electrons. The van der Waals surface area contributed by atoms with Gasteiger partial charge < -0.3 is 34.3 Å². The highest BCUT2D eigenvalue weighted by Gasteiger charge is 2.40. The Bertz CT molecular complexity index is 1080. The minimum Gasteiger partial charge on any atom is -0.493 e. The van der Waals surface area contributed by atoms with Crippen LogP contribution in [0.4, 0.5) is 0 Å². The molecule has 1 heterocycles. The van der Waals surface area contributed by atoms with E-state index in [2.05, 4.69) is 5.10 Å². The van der Waals surface area contributed by atoms with E-state index in [0.717, 1.165) is 16.7 Å². The van der Waals surface area contributed by atoms with Crippen LogP contribution < -0.4 is 29.5 Å². The molecule has 0 spiro atoms. The van der Waals surface area contributed by atoms with E-state index in [1.54, 1.807) is 0 Å². The molecule has 0 aromatic heterocycles. The Morgan fingerprint density at radius 3 is 2.25 bits per heavy atom. The van der Waals surface area contributed by atoms with E-state index in [1.165, 1.54) is 34.7 Å². The van der Waals surface area contributed by atoms with Crippen molar-refractivity contribution in [3.63, 3.8) is 0 Å². The van der Waals surface area contributed by atoms with Gasteiger partial charge >= 0.3 is 5.97 Å². The highest BCUT2D eigenvalue weighted by Crippen LogP contribution is 2.50. The molecule has 32 heavy (non-hydrogen) atoms. The van der Waals surface area contributed by atoms with E-state index in [4.69, 9.17) is 34.3 Å². The zero-order chi connectivity index (χ0) is 22.8. The second-order valence-electron chi connectivity index (χ2n) is 7.19. The number of hydrazone groups is 1. The molecule has 0 fully saturated rings. The van der Waals surface area contributed by atoms with Crippen LogP contribution in [-0.2, 0) is 9.53 Å². The van der Waals surface area contributed by atoms with Gasteiger partial charge in [0.1, 0.15) is 0 Å². The lowest BCUT2D eigenvalue weighted by Crippen LogP contribution is -2.30. The van der Waals surface area contributed by atoms with Crippen LogP contribution in [0, 0.1) is 5.92 Å². The molecule has 2 aliphatic rings. The number of carbonyl (C=O) groups is 1. The maximum absolute atomic E-state index is 13.0. The highest BCUT2D eigenvalue weighted by atomic mass is 16.7. The first-order valence-electron chi connectivity index (χ1n) is 9.82. The summed E-state index contributed by atoms with van der Waals surface area (Å²) in [6.45, 7) is 0.133. The fraction of sp³-hybridized carbons (Fsp3) is 0.304. The number of rotatable bonds is 6. The second kappa shape index (κ2) is 8.70. The Morgan fingerprint density at radius 2 is 1.69 bits per heavy atom. The molecular formula is C23H24N2O7. The molecule has 2 atom stereocenters. The van der Waals surface area contributed by atoms with Gasteiger partial charge in [0.15, 0.2) is 23.0 Å². The molecular weight excluding hydrogens is 416 g/mol. The molecule has 9 nitrogen and oxygen atoms in total. The average molecular weight is 440 g/mol. The molecule has 9 heteroatoms. The minimum absolute atomic E-state index is 0.133. The van der Waals surface area contributed by atoms with Gasteiger partial charge in [-0.1, -0.05) is 0 Å². The molecule has 2 aromatic rings. The first-order valence-corrected chi connectivity index (χ1v) is 9.82. The summed E-state index contributed by atoms with van der Waals surface area (Å²) < 4.78 is 32.8. The number of nitrogens with two attached hydrogens (primary N) is 1. The van der Waals surface area contributed by atoms with E-state index < -0.39 is 17.8 Å². The Kier molecular flexibility index (Phi) is 5.81. The maximum atomic E-state index is 13.0. The number of hydrogen-bond acceptors (Lipinski definition) is 9. The number of esters is 1. The van der Waals surface area contributed by atoms with Crippen LogP contribution >= 0.6 is 0 Å². The molecule has 0 radical (unpaired) electrons. The molecule has 0 amide bonds. The van der Waals surface area contributed by atoms with Crippen molar-refractivity contribution in [1.29, 1.82) is 0 Å². The van der Waals surface area contributed by atoms with Crippen LogP contribution in [-0.4, -0.2) is 47.4 Å². The third kappa shape index (κ3) is 3.45. The van der Waals surface area contributed by atoms with Crippen molar-refractivity contribution in [3.8, 4) is 28.7 Å². The fourth-order valence-electron chi connectivity index (χ4n) is 4.26. The summed E-state index contributed by atoms with van der Waals surface area (Å²) in [5.74, 6) is 6.46. The van der Waals surface area contributed by atoms with E-state index in [9.17, 15) is 4.79 Å². The van der Waals surface area contributed by atoms with Crippen molar-refractivity contribution < 1.29 is 33.2 Å². The number of carbonyl (C=O) groups excluding carboxylic acids is 1. The van der Waals surface area contributed by atoms with Crippen molar-refractivity contribution in [2.75, 3.05) is 35.2 Å². The quantitative estimate of drug-likeness (QED) is 0.316. The van der Waals surface area contributed by atoms with Crippen LogP contribution in [0.5, 0.6) is 28.7 Å². The molecule has 0 saturated carbocycles. The smallest absolute Gasteiger partial charge is 0.314 e. The molecule has 2 aromatic carbocycles. The summed E-state index contributed by atoms with van der Waals surface area (Å²) in [4.78, 5) is 13.0. The largest absolute Gasteiger partial charge is 0.493 e. The molecule has 0 bridgehead atoms. The van der Waals surface area contributed by atoms with Crippen LogP contribution in [0.15, 0.2) is 34.9 Å². The Morgan fingerprint density at radius 1 is 1.03 bits per heavy atom. The summed E-state index contributed by atoms with van der Waals surface area (Å²) >= 11 is 0. The first kappa shape index (κ1) is 21.4. The Labute approximate surface area is 185 Å². The lowest BCUT2D eigenvalue weighted by molar-refractivity contribution is -0.144. The number of hydrogen-bond donors (Lipinski definition) is 1. The lowest BCUT2D eigenvalue weighted by Gasteiger charge is -2.32. The van der Waals surface area contributed by atoms with Crippen molar-refractivity contribution in [2.24, 2.45) is 16.9 Å². The van der Waals surface area contributed by atoms with Crippen molar-refractivity contribution in [2.45, 2.75) is 5.92 Å². The summed E-state index contributed by atoms with van der Waals surface area (Å²) in [5.41, 5.74) is 3.06. The number of methoxy groups -OCH3 is 4. The standard InChI is InChI=1S/C23H24N2O7/c1-27-18-7-13(8-19(28-2)22(18)29-3)20-15-9-17-16(31-11-32-17)6-12(15)5-14(10-25-24)21(20)23(26)30-4/h5-10,20-21H,11,24H2,1-4H3/t20-,21-/m1/s1. The predicted molar refractivity (Wildman–Crippen MR) is 117 cm³/mol. The lowest BCUT2D eigenvalue weighted by atomic mass is 9.71. The number of nitrogens with zero attached hydrogens (tertiary/aromatic N) is 1. The van der Waals surface area contributed by atoms with Gasteiger partial charge in [0, 0.05) is 5.92 Å². The number of benzene rings is 2. The normalized spacial score (nSPS) is 18.7. The van der Waals surface area contributed by atoms with Gasteiger partial charge in [-0.3, -0.25) is 4.79 Å². The van der Waals surface area contributed by atoms with Crippen molar-refractivity contribution in [3.05, 3.63) is 46.5 Å². The minimum atomic E-state index is -0.719. The van der Waals surface area contributed by atoms with Crippen molar-refractivity contribution >= 4 is 18.3 Å². The Balaban J connectivity index is 2.00. The van der Waals surface area contributed by atoms with Gasteiger partial charge in [-0.05, 0) is 52.6 Å². The third-order valence-corrected chi connectivity index (χ3v) is 5.65. The first-order chi connectivity index (χ1) is 15.6. The van der Waals surface area contributed by atoms with E-state index in [0.29, 0.717) is 34.3 Å². The van der Waals surface area contributed by atoms with Gasteiger partial charge in [-0.25, -0.2) is 0 Å². The topological polar surface area (TPSA) is 111 Å². The van der Waals surface area contributed by atoms with Crippen LogP contribution in [0.3, 0.4) is 0 Å². The van der Waals surface area contributed by atoms with Gasteiger partial charge in [-0.15, -0.1) is 0 Å². The number of fused-ring (bicyclic) bond motifs is 2. The van der Waals surface area contributed by atoms with Gasteiger partial charge in [0.2, 0.25) is 12.5 Å². The highest BCUT2D eigenvalue weighted by molar-refractivity contribution is 5.97. The summed E-state index contributed by atoms with van der Waals surface area (Å²) in [6.07, 6.45) is 3.31. The Hall–Kier alpha value is -3.88. The van der Waals surface area contributed by atoms with E-state index >= 15 is 0 Å². The van der Waals surface area contributed by atoms with Gasteiger partial charge in [0.25, 0.3) is 0 Å².